The zero-order chi connectivity index (χ0) is 21.3. The molecule has 1 aliphatic rings. The predicted molar refractivity (Wildman–Crippen MR) is 121 cm³/mol. The van der Waals surface area contributed by atoms with Crippen LogP contribution >= 0.6 is 0 Å². The molecule has 0 bridgehead atoms. The smallest absolute Gasteiger partial charge is 0.241 e. The summed E-state index contributed by atoms with van der Waals surface area (Å²) in [5, 5.41) is 0. The third kappa shape index (κ3) is 3.93. The molecule has 3 aromatic rings. The van der Waals surface area contributed by atoms with Gasteiger partial charge in [-0.25, -0.2) is 13.1 Å². The van der Waals surface area contributed by atoms with Gasteiger partial charge in [-0.2, -0.15) is 0 Å². The number of hydrogen-bond acceptors (Lipinski definition) is 3. The third-order valence-electron chi connectivity index (χ3n) is 6.30. The molecule has 1 fully saturated rings. The van der Waals surface area contributed by atoms with Gasteiger partial charge in [0, 0.05) is 18.0 Å². The SMILES string of the molecule is Cc1ccc(S(=O)(=O)N[C@H](c2ccccc2)[C@@H]2[C@@H](c3ccccc3)[C@H](C)N2C)cc1. The molecule has 1 saturated heterocycles. The molecule has 0 saturated carbocycles. The minimum atomic E-state index is -3.67. The van der Waals surface area contributed by atoms with Crippen LogP contribution in [0.1, 0.15) is 35.6 Å². The minimum Gasteiger partial charge on any atom is -0.297 e. The van der Waals surface area contributed by atoms with Crippen molar-refractivity contribution in [3.8, 4) is 0 Å². The number of rotatable bonds is 6. The first-order valence-electron chi connectivity index (χ1n) is 10.3. The van der Waals surface area contributed by atoms with Gasteiger partial charge in [-0.3, -0.25) is 4.90 Å². The van der Waals surface area contributed by atoms with Crippen LogP contribution in [0.5, 0.6) is 0 Å². The Morgan fingerprint density at radius 2 is 1.43 bits per heavy atom. The van der Waals surface area contributed by atoms with Crippen LogP contribution in [0.25, 0.3) is 0 Å². The Kier molecular flexibility index (Phi) is 5.78. The maximum absolute atomic E-state index is 13.3. The van der Waals surface area contributed by atoms with Gasteiger partial charge >= 0.3 is 0 Å². The largest absolute Gasteiger partial charge is 0.297 e. The Morgan fingerprint density at radius 3 is 2.03 bits per heavy atom. The van der Waals surface area contributed by atoms with Gasteiger partial charge in [0.2, 0.25) is 10.0 Å². The monoisotopic (exact) mass is 420 g/mol. The van der Waals surface area contributed by atoms with Crippen LogP contribution in [0, 0.1) is 6.92 Å². The van der Waals surface area contributed by atoms with Crippen LogP contribution in [0.3, 0.4) is 0 Å². The average Bonchev–Trinajstić information content (AvgIpc) is 2.77. The van der Waals surface area contributed by atoms with Crippen molar-refractivity contribution in [2.75, 3.05) is 7.05 Å². The fourth-order valence-electron chi connectivity index (χ4n) is 4.50. The van der Waals surface area contributed by atoms with E-state index in [0.717, 1.165) is 11.1 Å². The molecule has 3 aromatic carbocycles. The second-order valence-electron chi connectivity index (χ2n) is 8.16. The molecule has 0 unspecified atom stereocenters. The fraction of sp³-hybridized carbons (Fsp3) is 0.280. The van der Waals surface area contributed by atoms with E-state index in [2.05, 4.69) is 35.7 Å². The van der Waals surface area contributed by atoms with E-state index >= 15 is 0 Å². The Balaban J connectivity index is 1.73. The Labute approximate surface area is 179 Å². The minimum absolute atomic E-state index is 0.0185. The van der Waals surface area contributed by atoms with Gasteiger partial charge in [-0.05, 0) is 44.2 Å². The number of likely N-dealkylation sites (tertiary alicyclic amines) is 1. The molecule has 30 heavy (non-hydrogen) atoms. The molecule has 0 aliphatic carbocycles. The molecule has 5 heteroatoms. The van der Waals surface area contributed by atoms with Crippen LogP contribution in [-0.2, 0) is 10.0 Å². The molecule has 1 heterocycles. The van der Waals surface area contributed by atoms with E-state index in [-0.39, 0.29) is 18.0 Å². The van der Waals surface area contributed by atoms with Crippen LogP contribution in [-0.4, -0.2) is 32.4 Å². The summed E-state index contributed by atoms with van der Waals surface area (Å²) in [6.07, 6.45) is 0. The summed E-state index contributed by atoms with van der Waals surface area (Å²) in [6.45, 7) is 4.15. The number of benzene rings is 3. The molecule has 4 nitrogen and oxygen atoms in total. The number of likely N-dealkylation sites (N-methyl/N-ethyl adjacent to an activating group) is 1. The zero-order valence-electron chi connectivity index (χ0n) is 17.6. The van der Waals surface area contributed by atoms with Crippen LogP contribution in [0.15, 0.2) is 89.8 Å². The van der Waals surface area contributed by atoms with Crippen molar-refractivity contribution in [3.05, 3.63) is 102 Å². The Hall–Kier alpha value is -2.47. The number of nitrogens with one attached hydrogen (secondary N) is 1. The second-order valence-corrected chi connectivity index (χ2v) is 9.87. The highest BCUT2D eigenvalue weighted by molar-refractivity contribution is 7.89. The molecule has 0 radical (unpaired) electrons. The van der Waals surface area contributed by atoms with Gasteiger partial charge in [0.1, 0.15) is 0 Å². The zero-order valence-corrected chi connectivity index (χ0v) is 18.4. The van der Waals surface area contributed by atoms with Crippen LogP contribution in [0.2, 0.25) is 0 Å². The summed E-state index contributed by atoms with van der Waals surface area (Å²) in [7, 11) is -1.59. The van der Waals surface area contributed by atoms with Crippen molar-refractivity contribution in [2.24, 2.45) is 0 Å². The Morgan fingerprint density at radius 1 is 0.867 bits per heavy atom. The lowest BCUT2D eigenvalue weighted by atomic mass is 9.72. The topological polar surface area (TPSA) is 49.4 Å². The van der Waals surface area contributed by atoms with Crippen molar-refractivity contribution in [3.63, 3.8) is 0 Å². The average molecular weight is 421 g/mol. The van der Waals surface area contributed by atoms with Crippen molar-refractivity contribution in [2.45, 2.75) is 42.8 Å². The van der Waals surface area contributed by atoms with E-state index in [0.29, 0.717) is 10.9 Å². The maximum Gasteiger partial charge on any atom is 0.241 e. The standard InChI is InChI=1S/C25H28N2O2S/c1-18-14-16-22(17-15-18)30(28,29)26-24(21-12-8-5-9-13-21)25-23(19(2)27(25)3)20-10-6-4-7-11-20/h4-17,19,23-26H,1-3H3/t19-,23+,24+,25-/m0/s1. The number of aryl methyl sites for hydroxylation is 1. The van der Waals surface area contributed by atoms with E-state index in [9.17, 15) is 8.42 Å². The first-order valence-corrected chi connectivity index (χ1v) is 11.8. The van der Waals surface area contributed by atoms with E-state index in [4.69, 9.17) is 0 Å². The normalized spacial score (nSPS) is 23.0. The van der Waals surface area contributed by atoms with Gasteiger partial charge < -0.3 is 0 Å². The summed E-state index contributed by atoms with van der Waals surface area (Å²) in [4.78, 5) is 2.56. The predicted octanol–water partition coefficient (Wildman–Crippen LogP) is 4.50. The van der Waals surface area contributed by atoms with Crippen molar-refractivity contribution >= 4 is 10.0 Å². The summed E-state index contributed by atoms with van der Waals surface area (Å²) < 4.78 is 29.6. The van der Waals surface area contributed by atoms with Crippen molar-refractivity contribution in [1.82, 2.24) is 9.62 Å². The molecule has 0 amide bonds. The molecular formula is C25H28N2O2S. The van der Waals surface area contributed by atoms with E-state index in [1.807, 2.05) is 67.6 Å². The van der Waals surface area contributed by atoms with Crippen molar-refractivity contribution < 1.29 is 8.42 Å². The van der Waals surface area contributed by atoms with E-state index in [1.165, 1.54) is 5.56 Å². The summed E-state index contributed by atoms with van der Waals surface area (Å²) >= 11 is 0. The molecule has 0 spiro atoms. The molecule has 1 N–H and O–H groups in total. The first-order chi connectivity index (χ1) is 14.4. The molecule has 4 rings (SSSR count). The lowest BCUT2D eigenvalue weighted by molar-refractivity contribution is 0.00221. The van der Waals surface area contributed by atoms with Gasteiger partial charge in [0.15, 0.2) is 0 Å². The fourth-order valence-corrected chi connectivity index (χ4v) is 5.74. The van der Waals surface area contributed by atoms with E-state index < -0.39 is 10.0 Å². The van der Waals surface area contributed by atoms with Crippen molar-refractivity contribution in [1.29, 1.82) is 0 Å². The quantitative estimate of drug-likeness (QED) is 0.639. The van der Waals surface area contributed by atoms with Crippen LogP contribution < -0.4 is 4.72 Å². The lowest BCUT2D eigenvalue weighted by Crippen LogP contribution is -2.63. The van der Waals surface area contributed by atoms with Crippen LogP contribution in [0.4, 0.5) is 0 Å². The number of hydrogen-bond donors (Lipinski definition) is 1. The summed E-state index contributed by atoms with van der Waals surface area (Å²) in [5.41, 5.74) is 3.24. The summed E-state index contributed by atoms with van der Waals surface area (Å²) in [6, 6.07) is 27.2. The second kappa shape index (κ2) is 8.34. The lowest BCUT2D eigenvalue weighted by Gasteiger charge is -2.55. The highest BCUT2D eigenvalue weighted by atomic mass is 32.2. The number of nitrogens with zero attached hydrogens (tertiary/aromatic N) is 1. The molecule has 1 aliphatic heterocycles. The molecule has 4 atom stereocenters. The number of sulfonamides is 1. The molecular weight excluding hydrogens is 392 g/mol. The Bertz CT molecular complexity index is 1080. The highest BCUT2D eigenvalue weighted by Gasteiger charge is 2.49. The molecule has 0 aromatic heterocycles. The third-order valence-corrected chi connectivity index (χ3v) is 7.76. The molecule has 156 valence electrons. The first kappa shape index (κ1) is 20.8. The summed E-state index contributed by atoms with van der Waals surface area (Å²) in [5.74, 6) is 0.238. The van der Waals surface area contributed by atoms with Gasteiger partial charge in [0.05, 0.1) is 10.9 Å². The maximum atomic E-state index is 13.3. The van der Waals surface area contributed by atoms with Gasteiger partial charge in [-0.15, -0.1) is 0 Å². The van der Waals surface area contributed by atoms with Gasteiger partial charge in [0.25, 0.3) is 0 Å². The highest BCUT2D eigenvalue weighted by Crippen LogP contribution is 2.45. The van der Waals surface area contributed by atoms with Gasteiger partial charge in [-0.1, -0.05) is 78.4 Å². The van der Waals surface area contributed by atoms with E-state index in [1.54, 1.807) is 12.1 Å².